The van der Waals surface area contributed by atoms with Crippen molar-refractivity contribution >= 4 is 0 Å². The summed E-state index contributed by atoms with van der Waals surface area (Å²) >= 11 is 0. The van der Waals surface area contributed by atoms with Crippen molar-refractivity contribution in [3.8, 4) is 16.9 Å². The van der Waals surface area contributed by atoms with E-state index in [2.05, 4.69) is 69.3 Å². The second-order valence-corrected chi connectivity index (χ2v) is 10.4. The Morgan fingerprint density at radius 2 is 1.37 bits per heavy atom. The topological polar surface area (TPSA) is 27.7 Å². The van der Waals surface area contributed by atoms with Crippen molar-refractivity contribution in [3.05, 3.63) is 54.1 Å². The first kappa shape index (κ1) is 27.7. The molecule has 1 atom stereocenters. The smallest absolute Gasteiger partial charge is 0.183 e. The summed E-state index contributed by atoms with van der Waals surface area (Å²) in [5, 5.41) is 0. The van der Waals surface area contributed by atoms with Gasteiger partial charge in [-0.15, -0.1) is 0 Å². The summed E-state index contributed by atoms with van der Waals surface area (Å²) in [5.41, 5.74) is 3.50. The molecule has 1 aliphatic rings. The number of hydrogen-bond donors (Lipinski definition) is 0. The van der Waals surface area contributed by atoms with E-state index in [0.717, 1.165) is 43.5 Å². The van der Waals surface area contributed by atoms with Gasteiger partial charge in [-0.1, -0.05) is 109 Å². The van der Waals surface area contributed by atoms with Gasteiger partial charge in [0.15, 0.2) is 6.29 Å². The highest BCUT2D eigenvalue weighted by atomic mass is 16.7. The Bertz CT molecular complexity index is 791. The molecule has 0 amide bonds. The van der Waals surface area contributed by atoms with Crippen molar-refractivity contribution in [1.29, 1.82) is 0 Å². The molecule has 1 saturated heterocycles. The van der Waals surface area contributed by atoms with Gasteiger partial charge in [-0.05, 0) is 48.4 Å². The normalized spacial score (nSPS) is 18.9. The van der Waals surface area contributed by atoms with E-state index in [1.54, 1.807) is 0 Å². The summed E-state index contributed by atoms with van der Waals surface area (Å²) in [6, 6.07) is 17.0. The van der Waals surface area contributed by atoms with Gasteiger partial charge in [-0.2, -0.15) is 0 Å². The summed E-state index contributed by atoms with van der Waals surface area (Å²) in [5.74, 6) is 2.27. The Balaban J connectivity index is 1.36. The first-order chi connectivity index (χ1) is 17.2. The minimum atomic E-state index is -0.236. The molecule has 0 saturated carbocycles. The highest BCUT2D eigenvalue weighted by Gasteiger charge is 2.23. The lowest BCUT2D eigenvalue weighted by molar-refractivity contribution is -0.206. The average molecular weight is 481 g/mol. The molecular weight excluding hydrogens is 432 g/mol. The first-order valence-electron chi connectivity index (χ1n) is 14.3. The molecule has 194 valence electrons. The summed E-state index contributed by atoms with van der Waals surface area (Å²) in [4.78, 5) is 0. The van der Waals surface area contributed by atoms with E-state index in [0.29, 0.717) is 5.92 Å². The van der Waals surface area contributed by atoms with E-state index in [-0.39, 0.29) is 6.29 Å². The largest absolute Gasteiger partial charge is 0.494 e. The number of rotatable bonds is 16. The van der Waals surface area contributed by atoms with Gasteiger partial charge in [0, 0.05) is 11.5 Å². The van der Waals surface area contributed by atoms with E-state index in [4.69, 9.17) is 14.2 Å². The summed E-state index contributed by atoms with van der Waals surface area (Å²) in [6.07, 6.45) is 14.1. The lowest BCUT2D eigenvalue weighted by atomic mass is 10.00. The summed E-state index contributed by atoms with van der Waals surface area (Å²) in [7, 11) is 0. The van der Waals surface area contributed by atoms with Crippen molar-refractivity contribution in [1.82, 2.24) is 0 Å². The Labute approximate surface area is 214 Å². The van der Waals surface area contributed by atoms with Gasteiger partial charge in [0.1, 0.15) is 5.75 Å². The number of hydrogen-bond acceptors (Lipinski definition) is 3. The fourth-order valence-electron chi connectivity index (χ4n) is 4.69. The van der Waals surface area contributed by atoms with E-state index in [9.17, 15) is 0 Å². The molecule has 1 aliphatic heterocycles. The van der Waals surface area contributed by atoms with Gasteiger partial charge < -0.3 is 14.2 Å². The molecule has 1 fully saturated rings. The number of unbranched alkanes of at least 4 members (excludes halogenated alkanes) is 6. The van der Waals surface area contributed by atoms with Crippen LogP contribution in [0.1, 0.15) is 103 Å². The lowest BCUT2D eigenvalue weighted by Crippen LogP contribution is -2.27. The Hall–Kier alpha value is -1.84. The predicted octanol–water partition coefficient (Wildman–Crippen LogP) is 9.36. The monoisotopic (exact) mass is 480 g/mol. The van der Waals surface area contributed by atoms with Gasteiger partial charge in [0.25, 0.3) is 0 Å². The van der Waals surface area contributed by atoms with E-state index in [1.807, 2.05) is 0 Å². The van der Waals surface area contributed by atoms with Crippen molar-refractivity contribution in [2.24, 2.45) is 11.8 Å². The molecule has 0 aromatic heterocycles. The first-order valence-corrected chi connectivity index (χ1v) is 14.3. The minimum absolute atomic E-state index is 0.236. The third-order valence-corrected chi connectivity index (χ3v) is 7.36. The van der Waals surface area contributed by atoms with Crippen LogP contribution in [0.25, 0.3) is 11.1 Å². The maximum Gasteiger partial charge on any atom is 0.183 e. The Morgan fingerprint density at radius 3 is 2.00 bits per heavy atom. The quantitative estimate of drug-likeness (QED) is 0.224. The van der Waals surface area contributed by atoms with Crippen LogP contribution < -0.4 is 4.74 Å². The van der Waals surface area contributed by atoms with Gasteiger partial charge in [0.2, 0.25) is 0 Å². The number of ether oxygens (including phenoxy) is 3. The Morgan fingerprint density at radius 1 is 0.771 bits per heavy atom. The molecular formula is C32H48O3. The zero-order chi connectivity index (χ0) is 24.7. The second-order valence-electron chi connectivity index (χ2n) is 10.4. The zero-order valence-corrected chi connectivity index (χ0v) is 22.5. The van der Waals surface area contributed by atoms with Gasteiger partial charge >= 0.3 is 0 Å². The van der Waals surface area contributed by atoms with Crippen molar-refractivity contribution in [2.45, 2.75) is 97.7 Å². The zero-order valence-electron chi connectivity index (χ0n) is 22.5. The van der Waals surface area contributed by atoms with E-state index < -0.39 is 0 Å². The fourth-order valence-corrected chi connectivity index (χ4v) is 4.69. The van der Waals surface area contributed by atoms with Crippen LogP contribution in [-0.4, -0.2) is 19.8 Å². The van der Waals surface area contributed by atoms with Crippen LogP contribution in [0.15, 0.2) is 48.5 Å². The van der Waals surface area contributed by atoms with Gasteiger partial charge in [-0.3, -0.25) is 0 Å². The predicted molar refractivity (Wildman–Crippen MR) is 147 cm³/mol. The highest BCUT2D eigenvalue weighted by Crippen LogP contribution is 2.30. The SMILES string of the molecule is CCCCCCCCCC1COC(c2ccc(-c3ccc(OCCC[C@@H](C)CC)cc3)cc2)OC1. The molecule has 3 heteroatoms. The van der Waals surface area contributed by atoms with Crippen LogP contribution in [0.3, 0.4) is 0 Å². The third-order valence-electron chi connectivity index (χ3n) is 7.36. The van der Waals surface area contributed by atoms with E-state index >= 15 is 0 Å². The summed E-state index contributed by atoms with van der Waals surface area (Å²) < 4.78 is 18.1. The van der Waals surface area contributed by atoms with E-state index in [1.165, 1.54) is 75.3 Å². The standard InChI is InChI=1S/C32H48O3/c1-4-6-7-8-9-10-11-14-27-24-34-32(35-25-27)30-17-15-28(16-18-30)29-19-21-31(22-20-29)33-23-12-13-26(3)5-2/h15-22,26-27,32H,4-14,23-25H2,1-3H3/t26-,27?,32?/m0/s1. The summed E-state index contributed by atoms with van der Waals surface area (Å²) in [6.45, 7) is 9.24. The molecule has 0 unspecified atom stereocenters. The molecule has 3 rings (SSSR count). The molecule has 35 heavy (non-hydrogen) atoms. The molecule has 0 aliphatic carbocycles. The minimum Gasteiger partial charge on any atom is -0.494 e. The molecule has 0 radical (unpaired) electrons. The molecule has 2 aromatic carbocycles. The van der Waals surface area contributed by atoms with Crippen molar-refractivity contribution < 1.29 is 14.2 Å². The molecule has 0 N–H and O–H groups in total. The van der Waals surface area contributed by atoms with Crippen LogP contribution in [-0.2, 0) is 9.47 Å². The molecule has 0 bridgehead atoms. The van der Waals surface area contributed by atoms with Crippen LogP contribution in [0.4, 0.5) is 0 Å². The van der Waals surface area contributed by atoms with Gasteiger partial charge in [-0.25, -0.2) is 0 Å². The molecule has 2 aromatic rings. The van der Waals surface area contributed by atoms with Gasteiger partial charge in [0.05, 0.1) is 19.8 Å². The van der Waals surface area contributed by atoms with Crippen molar-refractivity contribution in [2.75, 3.05) is 19.8 Å². The maximum absolute atomic E-state index is 6.08. The average Bonchev–Trinajstić information content (AvgIpc) is 2.91. The third kappa shape index (κ3) is 9.97. The molecule has 0 spiro atoms. The highest BCUT2D eigenvalue weighted by molar-refractivity contribution is 5.64. The fraction of sp³-hybridized carbons (Fsp3) is 0.625. The van der Waals surface area contributed by atoms with Crippen LogP contribution >= 0.6 is 0 Å². The molecule has 1 heterocycles. The molecule has 3 nitrogen and oxygen atoms in total. The lowest BCUT2D eigenvalue weighted by Gasteiger charge is -2.29. The van der Waals surface area contributed by atoms with Crippen LogP contribution in [0.5, 0.6) is 5.75 Å². The van der Waals surface area contributed by atoms with Crippen LogP contribution in [0.2, 0.25) is 0 Å². The van der Waals surface area contributed by atoms with Crippen molar-refractivity contribution in [3.63, 3.8) is 0 Å². The maximum atomic E-state index is 6.08. The van der Waals surface area contributed by atoms with Crippen LogP contribution in [0, 0.1) is 11.8 Å². The Kier molecular flexibility index (Phi) is 12.7. The number of benzene rings is 2. The second kappa shape index (κ2) is 16.0.